The minimum absolute atomic E-state index is 0. The number of β-amino-alcohol motifs (C(OH)–C–C–N with tert-alkyl or cyclic N) is 1. The number of nitrogens with one attached hydrogen (secondary N) is 2. The third kappa shape index (κ3) is 8.60. The maximum Gasteiger partial charge on any atom is 0.341 e. The summed E-state index contributed by atoms with van der Waals surface area (Å²) in [7, 11) is 0. The van der Waals surface area contributed by atoms with Crippen LogP contribution in [0.25, 0.3) is 0 Å². The Morgan fingerprint density at radius 1 is 1.03 bits per heavy atom. The zero-order chi connectivity index (χ0) is 24.1. The van der Waals surface area contributed by atoms with E-state index < -0.39 is 29.3 Å². The lowest BCUT2D eigenvalue weighted by molar-refractivity contribution is -0.121. The molecule has 0 saturated heterocycles. The molecule has 0 aliphatic rings. The van der Waals surface area contributed by atoms with Crippen LogP contribution < -0.4 is 15.4 Å². The lowest BCUT2D eigenvalue weighted by Gasteiger charge is -2.30. The van der Waals surface area contributed by atoms with Crippen molar-refractivity contribution in [2.45, 2.75) is 45.9 Å². The molecule has 0 aromatic heterocycles. The van der Waals surface area contributed by atoms with Crippen molar-refractivity contribution in [2.24, 2.45) is 0 Å². The number of aliphatic hydroxyl groups is 1. The molecule has 10 heteroatoms. The van der Waals surface area contributed by atoms with Gasteiger partial charge in [-0.1, -0.05) is 0 Å². The highest BCUT2D eigenvalue weighted by Gasteiger charge is 2.28. The van der Waals surface area contributed by atoms with Crippen LogP contribution in [0.15, 0.2) is 36.4 Å². The molecule has 0 spiro atoms. The van der Waals surface area contributed by atoms with Gasteiger partial charge in [0.1, 0.15) is 22.9 Å². The van der Waals surface area contributed by atoms with Crippen LogP contribution in [0.3, 0.4) is 0 Å². The first-order chi connectivity index (χ1) is 14.8. The third-order valence-electron chi connectivity index (χ3n) is 4.19. The Morgan fingerprint density at radius 3 is 2.27 bits per heavy atom. The van der Waals surface area contributed by atoms with Crippen LogP contribution in [-0.4, -0.2) is 41.5 Å². The van der Waals surface area contributed by atoms with Gasteiger partial charge in [0, 0.05) is 24.2 Å². The Hall–Kier alpha value is -2.75. The quantitative estimate of drug-likeness (QED) is 0.380. The molecule has 0 heterocycles. The molecular formula is C23H29ClF2N2O5. The summed E-state index contributed by atoms with van der Waals surface area (Å²) in [6.45, 7) is 9.01. The largest absolute Gasteiger partial charge is 0.462 e. The van der Waals surface area contributed by atoms with Crippen molar-refractivity contribution in [2.75, 3.05) is 18.5 Å². The molecule has 0 fully saturated rings. The van der Waals surface area contributed by atoms with Crippen molar-refractivity contribution in [3.05, 3.63) is 59.2 Å². The number of carbonyl (C=O) groups excluding carboxylic acids is 2. The monoisotopic (exact) mass is 486 g/mol. The minimum atomic E-state index is -1.66. The van der Waals surface area contributed by atoms with E-state index in [4.69, 9.17) is 9.47 Å². The van der Waals surface area contributed by atoms with Crippen LogP contribution >= 0.6 is 12.4 Å². The first-order valence-electron chi connectivity index (χ1n) is 10.1. The average Bonchev–Trinajstić information content (AvgIpc) is 2.67. The van der Waals surface area contributed by atoms with Gasteiger partial charge in [0.25, 0.3) is 5.91 Å². The molecule has 1 atom stereocenters. The summed E-state index contributed by atoms with van der Waals surface area (Å²) in [5, 5.41) is 16.2. The molecule has 0 bridgehead atoms. The van der Waals surface area contributed by atoms with E-state index in [1.165, 1.54) is 25.1 Å². The molecule has 182 valence electrons. The topological polar surface area (TPSA) is 96.9 Å². The Balaban J connectivity index is 0.00000544. The van der Waals surface area contributed by atoms with Crippen LogP contribution in [0.2, 0.25) is 0 Å². The van der Waals surface area contributed by atoms with Gasteiger partial charge in [-0.05, 0) is 58.0 Å². The predicted molar refractivity (Wildman–Crippen MR) is 123 cm³/mol. The number of hydrogen-bond donors (Lipinski definition) is 3. The van der Waals surface area contributed by atoms with Crippen molar-refractivity contribution in [1.82, 2.24) is 5.32 Å². The van der Waals surface area contributed by atoms with Gasteiger partial charge in [0.15, 0.2) is 0 Å². The highest BCUT2D eigenvalue weighted by molar-refractivity contribution is 6.05. The molecule has 7 nitrogen and oxygen atoms in total. The first-order valence-corrected chi connectivity index (χ1v) is 10.1. The highest BCUT2D eigenvalue weighted by Crippen LogP contribution is 2.27. The van der Waals surface area contributed by atoms with E-state index in [0.717, 1.165) is 12.1 Å². The zero-order valence-electron chi connectivity index (χ0n) is 19.1. The minimum Gasteiger partial charge on any atom is -0.462 e. The second-order valence-electron chi connectivity index (χ2n) is 8.39. The number of rotatable bonds is 8. The van der Waals surface area contributed by atoms with E-state index in [1.807, 2.05) is 20.8 Å². The second-order valence-corrected chi connectivity index (χ2v) is 8.39. The standard InChI is InChI=1S/C23H28F2N2O5.ClH/c1-6-31-21(29)17-12-15(27-20(28)16-9-7-14(24)11-18(16)25)8-10-19(17)32-23(5,30)13-26-22(2,3)4;/h7-12,26,30H,6,13H2,1-5H3,(H,27,28);1H. The molecule has 2 aromatic rings. The number of anilines is 1. The van der Waals surface area contributed by atoms with E-state index in [0.29, 0.717) is 6.07 Å². The number of esters is 1. The smallest absolute Gasteiger partial charge is 0.341 e. The molecule has 1 amide bonds. The van der Waals surface area contributed by atoms with Crippen LogP contribution in [0, 0.1) is 11.6 Å². The maximum atomic E-state index is 13.9. The Kier molecular flexibility index (Phi) is 9.77. The second kappa shape index (κ2) is 11.4. The zero-order valence-corrected chi connectivity index (χ0v) is 19.9. The van der Waals surface area contributed by atoms with Crippen molar-refractivity contribution in [1.29, 1.82) is 0 Å². The van der Waals surface area contributed by atoms with Crippen molar-refractivity contribution in [3.8, 4) is 5.75 Å². The molecule has 3 N–H and O–H groups in total. The molecule has 2 rings (SSSR count). The van der Waals surface area contributed by atoms with E-state index >= 15 is 0 Å². The summed E-state index contributed by atoms with van der Waals surface area (Å²) in [5.41, 5.74) is -0.524. The molecule has 33 heavy (non-hydrogen) atoms. The van der Waals surface area contributed by atoms with E-state index in [-0.39, 0.29) is 53.7 Å². The van der Waals surface area contributed by atoms with Crippen molar-refractivity contribution in [3.63, 3.8) is 0 Å². The summed E-state index contributed by atoms with van der Waals surface area (Å²) in [4.78, 5) is 24.8. The molecule has 0 radical (unpaired) electrons. The van der Waals surface area contributed by atoms with Gasteiger partial charge in [0.2, 0.25) is 5.79 Å². The lowest BCUT2D eigenvalue weighted by atomic mass is 10.1. The fraction of sp³-hybridized carbons (Fsp3) is 0.391. The summed E-state index contributed by atoms with van der Waals surface area (Å²) >= 11 is 0. The Bertz CT molecular complexity index is 993. The predicted octanol–water partition coefficient (Wildman–Crippen LogP) is 4.29. The lowest BCUT2D eigenvalue weighted by Crippen LogP contribution is -2.49. The normalized spacial score (nSPS) is 12.8. The van der Waals surface area contributed by atoms with Crippen LogP contribution in [0.4, 0.5) is 14.5 Å². The molecule has 0 aliphatic heterocycles. The average molecular weight is 487 g/mol. The number of carbonyl (C=O) groups is 2. The van der Waals surface area contributed by atoms with Crippen LogP contribution in [0.5, 0.6) is 5.75 Å². The molecular weight excluding hydrogens is 458 g/mol. The highest BCUT2D eigenvalue weighted by atomic mass is 35.5. The molecule has 1 unspecified atom stereocenters. The number of hydrogen-bond acceptors (Lipinski definition) is 6. The van der Waals surface area contributed by atoms with E-state index in [2.05, 4.69) is 10.6 Å². The number of halogens is 3. The van der Waals surface area contributed by atoms with Crippen LogP contribution in [0.1, 0.15) is 55.3 Å². The first kappa shape index (κ1) is 28.3. The molecule has 0 aliphatic carbocycles. The summed E-state index contributed by atoms with van der Waals surface area (Å²) in [6, 6.07) is 6.68. The van der Waals surface area contributed by atoms with E-state index in [9.17, 15) is 23.5 Å². The Labute approximate surface area is 197 Å². The summed E-state index contributed by atoms with van der Waals surface area (Å²) in [5.74, 6) is -5.00. The fourth-order valence-corrected chi connectivity index (χ4v) is 2.64. The van der Waals surface area contributed by atoms with Crippen molar-refractivity contribution >= 4 is 30.0 Å². The third-order valence-corrected chi connectivity index (χ3v) is 4.19. The number of amides is 1. The molecule has 0 saturated carbocycles. The molecule has 2 aromatic carbocycles. The summed E-state index contributed by atoms with van der Waals surface area (Å²) in [6.07, 6.45) is 0. The van der Waals surface area contributed by atoms with Gasteiger partial charge in [0.05, 0.1) is 18.7 Å². The van der Waals surface area contributed by atoms with E-state index in [1.54, 1.807) is 6.92 Å². The van der Waals surface area contributed by atoms with Gasteiger partial charge >= 0.3 is 5.97 Å². The van der Waals surface area contributed by atoms with Gasteiger partial charge < -0.3 is 25.2 Å². The van der Waals surface area contributed by atoms with Crippen molar-refractivity contribution < 1.29 is 33.0 Å². The van der Waals surface area contributed by atoms with Gasteiger partial charge in [-0.15, -0.1) is 12.4 Å². The number of benzene rings is 2. The fourth-order valence-electron chi connectivity index (χ4n) is 2.64. The number of ether oxygens (including phenoxy) is 2. The maximum absolute atomic E-state index is 13.9. The SMILES string of the molecule is CCOC(=O)c1cc(NC(=O)c2ccc(F)cc2F)ccc1OC(C)(O)CNC(C)(C)C.Cl. The summed E-state index contributed by atoms with van der Waals surface area (Å²) < 4.78 is 37.7. The van der Waals surface area contributed by atoms with Gasteiger partial charge in [-0.25, -0.2) is 13.6 Å². The van der Waals surface area contributed by atoms with Crippen LogP contribution in [-0.2, 0) is 4.74 Å². The van der Waals surface area contributed by atoms with Gasteiger partial charge in [-0.2, -0.15) is 0 Å². The van der Waals surface area contributed by atoms with Gasteiger partial charge in [-0.3, -0.25) is 4.79 Å². The Morgan fingerprint density at radius 2 is 1.70 bits per heavy atom.